The van der Waals surface area contributed by atoms with E-state index in [4.69, 9.17) is 14.7 Å². The lowest BCUT2D eigenvalue weighted by Crippen LogP contribution is -2.39. The molecule has 1 N–H and O–H groups in total. The smallest absolute Gasteiger partial charge is 0.169 e. The minimum atomic E-state index is -0.138. The molecule has 0 saturated heterocycles. The summed E-state index contributed by atoms with van der Waals surface area (Å²) in [7, 11) is 0. The molecule has 1 aliphatic carbocycles. The summed E-state index contributed by atoms with van der Waals surface area (Å²) in [5.74, 6) is 0.621. The van der Waals surface area contributed by atoms with Gasteiger partial charge in [-0.1, -0.05) is 12.1 Å². The fourth-order valence-electron chi connectivity index (χ4n) is 3.26. The van der Waals surface area contributed by atoms with E-state index < -0.39 is 0 Å². The van der Waals surface area contributed by atoms with Gasteiger partial charge in [-0.15, -0.1) is 0 Å². The molecule has 2 rings (SSSR count). The van der Waals surface area contributed by atoms with Crippen LogP contribution in [0.2, 0.25) is 0 Å². The largest absolute Gasteiger partial charge is 0.352 e. The van der Waals surface area contributed by atoms with E-state index in [2.05, 4.69) is 23.5 Å². The third kappa shape index (κ3) is 5.62. The Balaban J connectivity index is 1.75. The van der Waals surface area contributed by atoms with E-state index in [-0.39, 0.29) is 6.29 Å². The van der Waals surface area contributed by atoms with E-state index in [1.165, 1.54) is 31.2 Å². The summed E-state index contributed by atoms with van der Waals surface area (Å²) >= 11 is 0. The van der Waals surface area contributed by atoms with Gasteiger partial charge in [-0.05, 0) is 63.1 Å². The standard InChI is InChI=1S/C19H28N2O2/c1-3-22-19(23-4-2)14-21-18-11-9-17(10-12-18)16-7-5-15(13-20)6-8-16/h5-8,17-19,21H,3-4,9-12,14H2,1-2H3. The molecule has 4 nitrogen and oxygen atoms in total. The molecule has 0 aromatic heterocycles. The number of rotatable bonds is 8. The maximum Gasteiger partial charge on any atom is 0.169 e. The van der Waals surface area contributed by atoms with Gasteiger partial charge in [0.1, 0.15) is 0 Å². The Labute approximate surface area is 139 Å². The fraction of sp³-hybridized carbons (Fsp3) is 0.632. The second kappa shape index (κ2) is 9.67. The van der Waals surface area contributed by atoms with Crippen LogP contribution in [0.1, 0.15) is 56.6 Å². The SMILES string of the molecule is CCOC(CNC1CCC(c2ccc(C#N)cc2)CC1)OCC. The molecule has 0 radical (unpaired) electrons. The van der Waals surface area contributed by atoms with Crippen LogP contribution in [0.25, 0.3) is 0 Å². The van der Waals surface area contributed by atoms with Crippen molar-refractivity contribution in [1.29, 1.82) is 5.26 Å². The van der Waals surface area contributed by atoms with Gasteiger partial charge >= 0.3 is 0 Å². The van der Waals surface area contributed by atoms with Crippen molar-refractivity contribution < 1.29 is 9.47 Å². The molecule has 1 aromatic carbocycles. The van der Waals surface area contributed by atoms with Crippen LogP contribution in [-0.4, -0.2) is 32.1 Å². The number of hydrogen-bond donors (Lipinski definition) is 1. The van der Waals surface area contributed by atoms with Crippen molar-refractivity contribution in [2.45, 2.75) is 57.8 Å². The Morgan fingerprint density at radius 3 is 2.22 bits per heavy atom. The number of ether oxygens (including phenoxy) is 2. The zero-order valence-corrected chi connectivity index (χ0v) is 14.3. The molecule has 0 spiro atoms. The van der Waals surface area contributed by atoms with E-state index in [9.17, 15) is 0 Å². The maximum atomic E-state index is 8.88. The van der Waals surface area contributed by atoms with Crippen LogP contribution in [-0.2, 0) is 9.47 Å². The van der Waals surface area contributed by atoms with Crippen molar-refractivity contribution >= 4 is 0 Å². The molecule has 126 valence electrons. The van der Waals surface area contributed by atoms with Crippen molar-refractivity contribution in [3.63, 3.8) is 0 Å². The molecule has 1 aliphatic rings. The molecule has 0 heterocycles. The van der Waals surface area contributed by atoms with Gasteiger partial charge in [0, 0.05) is 25.8 Å². The zero-order valence-electron chi connectivity index (χ0n) is 14.3. The van der Waals surface area contributed by atoms with Crippen molar-refractivity contribution in [2.75, 3.05) is 19.8 Å². The summed E-state index contributed by atoms with van der Waals surface area (Å²) in [4.78, 5) is 0. The topological polar surface area (TPSA) is 54.3 Å². The summed E-state index contributed by atoms with van der Waals surface area (Å²) in [5.41, 5.74) is 2.10. The van der Waals surface area contributed by atoms with Crippen molar-refractivity contribution in [3.8, 4) is 6.07 Å². The van der Waals surface area contributed by atoms with E-state index in [0.717, 1.165) is 12.1 Å². The Hall–Kier alpha value is -1.41. The van der Waals surface area contributed by atoms with Crippen LogP contribution >= 0.6 is 0 Å². The van der Waals surface area contributed by atoms with Crippen molar-refractivity contribution in [1.82, 2.24) is 5.32 Å². The Morgan fingerprint density at radius 2 is 1.70 bits per heavy atom. The number of benzene rings is 1. The Kier molecular flexibility index (Phi) is 7.54. The average molecular weight is 316 g/mol. The number of nitrogens with one attached hydrogen (secondary N) is 1. The third-order valence-electron chi connectivity index (χ3n) is 4.52. The molecular weight excluding hydrogens is 288 g/mol. The lowest BCUT2D eigenvalue weighted by molar-refractivity contribution is -0.134. The van der Waals surface area contributed by atoms with Crippen LogP contribution in [0.3, 0.4) is 0 Å². The summed E-state index contributed by atoms with van der Waals surface area (Å²) in [5, 5.41) is 12.5. The summed E-state index contributed by atoms with van der Waals surface area (Å²) in [6.07, 6.45) is 4.60. The van der Waals surface area contributed by atoms with Crippen LogP contribution < -0.4 is 5.32 Å². The summed E-state index contributed by atoms with van der Waals surface area (Å²) in [6.45, 7) is 6.10. The normalized spacial score (nSPS) is 21.3. The molecule has 1 fully saturated rings. The highest BCUT2D eigenvalue weighted by Crippen LogP contribution is 2.32. The lowest BCUT2D eigenvalue weighted by Gasteiger charge is -2.30. The summed E-state index contributed by atoms with van der Waals surface area (Å²) in [6, 6.07) is 10.8. The van der Waals surface area contributed by atoms with Crippen LogP contribution in [0.4, 0.5) is 0 Å². The second-order valence-corrected chi connectivity index (χ2v) is 6.03. The average Bonchev–Trinajstić information content (AvgIpc) is 2.61. The quantitative estimate of drug-likeness (QED) is 0.745. The van der Waals surface area contributed by atoms with Gasteiger partial charge in [0.2, 0.25) is 0 Å². The second-order valence-electron chi connectivity index (χ2n) is 6.03. The van der Waals surface area contributed by atoms with E-state index in [1.54, 1.807) is 0 Å². The van der Waals surface area contributed by atoms with E-state index >= 15 is 0 Å². The third-order valence-corrected chi connectivity index (χ3v) is 4.52. The zero-order chi connectivity index (χ0) is 16.5. The molecule has 0 aliphatic heterocycles. The number of nitriles is 1. The van der Waals surface area contributed by atoms with E-state index in [0.29, 0.717) is 25.2 Å². The molecule has 0 amide bonds. The molecule has 4 heteroatoms. The first kappa shape index (κ1) is 17.9. The monoisotopic (exact) mass is 316 g/mol. The number of nitrogens with zero attached hydrogens (tertiary/aromatic N) is 1. The van der Waals surface area contributed by atoms with Gasteiger partial charge in [0.25, 0.3) is 0 Å². The molecule has 1 saturated carbocycles. The van der Waals surface area contributed by atoms with Gasteiger partial charge in [-0.3, -0.25) is 0 Å². The Morgan fingerprint density at radius 1 is 1.09 bits per heavy atom. The lowest BCUT2D eigenvalue weighted by atomic mass is 9.81. The maximum absolute atomic E-state index is 8.88. The van der Waals surface area contributed by atoms with E-state index in [1.807, 2.05) is 26.0 Å². The predicted molar refractivity (Wildman–Crippen MR) is 91.2 cm³/mol. The highest BCUT2D eigenvalue weighted by molar-refractivity contribution is 5.33. The first-order valence-corrected chi connectivity index (χ1v) is 8.73. The molecule has 0 bridgehead atoms. The van der Waals surface area contributed by atoms with Gasteiger partial charge in [-0.2, -0.15) is 5.26 Å². The van der Waals surface area contributed by atoms with Gasteiger partial charge in [0.05, 0.1) is 11.6 Å². The molecule has 0 atom stereocenters. The minimum Gasteiger partial charge on any atom is -0.352 e. The van der Waals surface area contributed by atoms with Gasteiger partial charge < -0.3 is 14.8 Å². The van der Waals surface area contributed by atoms with Crippen LogP contribution in [0.15, 0.2) is 24.3 Å². The highest BCUT2D eigenvalue weighted by Gasteiger charge is 2.23. The van der Waals surface area contributed by atoms with Crippen LogP contribution in [0.5, 0.6) is 0 Å². The Bertz CT molecular complexity index is 481. The molecular formula is C19H28N2O2. The minimum absolute atomic E-state index is 0.138. The van der Waals surface area contributed by atoms with Crippen LogP contribution in [0, 0.1) is 11.3 Å². The first-order valence-electron chi connectivity index (χ1n) is 8.73. The number of hydrogen-bond acceptors (Lipinski definition) is 4. The first-order chi connectivity index (χ1) is 11.3. The predicted octanol–water partition coefficient (Wildman–Crippen LogP) is 3.57. The van der Waals surface area contributed by atoms with Gasteiger partial charge in [-0.25, -0.2) is 0 Å². The van der Waals surface area contributed by atoms with Crippen molar-refractivity contribution in [2.24, 2.45) is 0 Å². The van der Waals surface area contributed by atoms with Crippen molar-refractivity contribution in [3.05, 3.63) is 35.4 Å². The molecule has 23 heavy (non-hydrogen) atoms. The molecule has 1 aromatic rings. The fourth-order valence-corrected chi connectivity index (χ4v) is 3.26. The summed E-state index contributed by atoms with van der Waals surface area (Å²) < 4.78 is 11.1. The highest BCUT2D eigenvalue weighted by atomic mass is 16.7. The molecule has 0 unspecified atom stereocenters. The van der Waals surface area contributed by atoms with Gasteiger partial charge in [0.15, 0.2) is 6.29 Å².